The van der Waals surface area contributed by atoms with E-state index in [9.17, 15) is 0 Å². The van der Waals surface area contributed by atoms with Crippen molar-refractivity contribution < 1.29 is 0 Å². The number of hydrogen-bond donors (Lipinski definition) is 1. The number of hydrogen-bond acceptors (Lipinski definition) is 1. The molecule has 0 aliphatic rings. The van der Waals surface area contributed by atoms with Crippen LogP contribution in [0.4, 0.5) is 0 Å². The molecule has 0 bridgehead atoms. The third-order valence-electron chi connectivity index (χ3n) is 3.32. The van der Waals surface area contributed by atoms with Crippen LogP contribution in [0.5, 0.6) is 0 Å². The molecule has 0 amide bonds. The molecule has 2 aromatic rings. The van der Waals surface area contributed by atoms with E-state index in [1.165, 1.54) is 11.1 Å². The van der Waals surface area contributed by atoms with Gasteiger partial charge in [0.25, 0.3) is 0 Å². The molecule has 0 fully saturated rings. The van der Waals surface area contributed by atoms with Gasteiger partial charge in [-0.25, -0.2) is 0 Å². The fourth-order valence-corrected chi connectivity index (χ4v) is 3.44. The Morgan fingerprint density at radius 1 is 1.15 bits per heavy atom. The second kappa shape index (κ2) is 6.95. The molecule has 20 heavy (non-hydrogen) atoms. The zero-order valence-electron chi connectivity index (χ0n) is 11.4. The van der Waals surface area contributed by atoms with E-state index in [0.29, 0.717) is 10.0 Å². The first kappa shape index (κ1) is 15.8. The molecule has 0 aliphatic heterocycles. The number of nitrogens with one attached hydrogen (secondary N) is 1. The van der Waals surface area contributed by atoms with E-state index in [2.05, 4.69) is 46.4 Å². The zero-order valence-corrected chi connectivity index (χ0v) is 14.5. The van der Waals surface area contributed by atoms with Gasteiger partial charge in [-0.3, -0.25) is 0 Å². The Balaban J connectivity index is 2.28. The number of likely N-dealkylation sites (N-methyl/N-ethyl adjacent to an activating group) is 1. The van der Waals surface area contributed by atoms with Crippen molar-refractivity contribution in [3.8, 4) is 0 Å². The van der Waals surface area contributed by atoms with Crippen LogP contribution in [0, 0.1) is 6.92 Å². The largest absolute Gasteiger partial charge is 0.313 e. The number of benzene rings is 2. The summed E-state index contributed by atoms with van der Waals surface area (Å²) < 4.78 is 1.11. The van der Waals surface area contributed by atoms with Crippen LogP contribution >= 0.6 is 39.1 Å². The summed E-state index contributed by atoms with van der Waals surface area (Å²) in [6, 6.07) is 12.2. The Morgan fingerprint density at radius 3 is 2.50 bits per heavy atom. The number of rotatable bonds is 4. The minimum Gasteiger partial charge on any atom is -0.313 e. The van der Waals surface area contributed by atoms with E-state index in [-0.39, 0.29) is 6.04 Å². The average Bonchev–Trinajstić information content (AvgIpc) is 2.39. The van der Waals surface area contributed by atoms with Crippen LogP contribution in [0.3, 0.4) is 0 Å². The average molecular weight is 373 g/mol. The van der Waals surface area contributed by atoms with Crippen LogP contribution in [0.25, 0.3) is 0 Å². The smallest absolute Gasteiger partial charge is 0.0453 e. The first-order chi connectivity index (χ1) is 9.51. The third-order valence-corrected chi connectivity index (χ3v) is 4.59. The summed E-state index contributed by atoms with van der Waals surface area (Å²) in [4.78, 5) is 0. The van der Waals surface area contributed by atoms with Gasteiger partial charge in [-0.2, -0.15) is 0 Å². The standard InChI is InChI=1S/C16H16BrCl2N/c1-10-3-6-13(14(17)7-10)16(20-2)8-11-4-5-12(18)9-15(11)19/h3-7,9,16,20H,8H2,1-2H3. The van der Waals surface area contributed by atoms with Gasteiger partial charge in [0.15, 0.2) is 0 Å². The predicted molar refractivity (Wildman–Crippen MR) is 90.8 cm³/mol. The summed E-state index contributed by atoms with van der Waals surface area (Å²) >= 11 is 15.8. The molecule has 0 spiro atoms. The fraction of sp³-hybridized carbons (Fsp3) is 0.250. The molecule has 0 aliphatic carbocycles. The highest BCUT2D eigenvalue weighted by atomic mass is 79.9. The van der Waals surface area contributed by atoms with E-state index in [1.807, 2.05) is 19.2 Å². The topological polar surface area (TPSA) is 12.0 Å². The van der Waals surface area contributed by atoms with E-state index in [4.69, 9.17) is 23.2 Å². The van der Waals surface area contributed by atoms with Crippen molar-refractivity contribution in [1.82, 2.24) is 5.32 Å². The highest BCUT2D eigenvalue weighted by Gasteiger charge is 2.15. The zero-order chi connectivity index (χ0) is 14.7. The van der Waals surface area contributed by atoms with E-state index >= 15 is 0 Å². The SMILES string of the molecule is CNC(Cc1ccc(Cl)cc1Cl)c1ccc(C)cc1Br. The van der Waals surface area contributed by atoms with Crippen molar-refractivity contribution in [3.05, 3.63) is 67.6 Å². The van der Waals surface area contributed by atoms with Crippen molar-refractivity contribution in [3.63, 3.8) is 0 Å². The Kier molecular flexibility index (Phi) is 5.50. The number of halogens is 3. The van der Waals surface area contributed by atoms with Gasteiger partial charge in [0.2, 0.25) is 0 Å². The molecule has 1 nitrogen and oxygen atoms in total. The van der Waals surface area contributed by atoms with Crippen LogP contribution in [0.15, 0.2) is 40.9 Å². The molecule has 0 aromatic heterocycles. The maximum atomic E-state index is 6.26. The Bertz CT molecular complexity index is 613. The molecule has 106 valence electrons. The van der Waals surface area contributed by atoms with Gasteiger partial charge < -0.3 is 5.32 Å². The van der Waals surface area contributed by atoms with Crippen LogP contribution in [0.2, 0.25) is 10.0 Å². The molecule has 0 heterocycles. The van der Waals surface area contributed by atoms with Gasteiger partial charge >= 0.3 is 0 Å². The normalized spacial score (nSPS) is 12.4. The van der Waals surface area contributed by atoms with Gasteiger partial charge in [0.05, 0.1) is 0 Å². The number of aryl methyl sites for hydroxylation is 1. The van der Waals surface area contributed by atoms with Crippen molar-refractivity contribution in [2.24, 2.45) is 0 Å². The summed E-state index contributed by atoms with van der Waals surface area (Å²) in [6.45, 7) is 2.08. The van der Waals surface area contributed by atoms with Crippen molar-refractivity contribution in [1.29, 1.82) is 0 Å². The summed E-state index contributed by atoms with van der Waals surface area (Å²) in [5.41, 5.74) is 3.55. The second-order valence-electron chi connectivity index (χ2n) is 4.81. The Labute approximate surface area is 138 Å². The maximum absolute atomic E-state index is 6.26. The third kappa shape index (κ3) is 3.76. The summed E-state index contributed by atoms with van der Waals surface area (Å²) in [7, 11) is 1.96. The predicted octanol–water partition coefficient (Wildman–Crippen LogP) is 5.57. The van der Waals surface area contributed by atoms with E-state index < -0.39 is 0 Å². The maximum Gasteiger partial charge on any atom is 0.0453 e. The van der Waals surface area contributed by atoms with Crippen LogP contribution < -0.4 is 5.32 Å². The van der Waals surface area contributed by atoms with Crippen LogP contribution in [-0.4, -0.2) is 7.05 Å². The highest BCUT2D eigenvalue weighted by molar-refractivity contribution is 9.10. The highest BCUT2D eigenvalue weighted by Crippen LogP contribution is 2.30. The molecule has 2 rings (SSSR count). The lowest BCUT2D eigenvalue weighted by Gasteiger charge is -2.19. The molecule has 1 atom stereocenters. The molecule has 1 unspecified atom stereocenters. The minimum absolute atomic E-state index is 0.198. The first-order valence-corrected chi connectivity index (χ1v) is 7.93. The molecule has 0 saturated carbocycles. The quantitative estimate of drug-likeness (QED) is 0.739. The molecule has 1 N–H and O–H groups in total. The summed E-state index contributed by atoms with van der Waals surface area (Å²) in [6.07, 6.45) is 0.814. The fourth-order valence-electron chi connectivity index (χ4n) is 2.19. The molecular formula is C16H16BrCl2N. The Hall–Kier alpha value is -0.540. The molecule has 2 aromatic carbocycles. The summed E-state index contributed by atoms with van der Waals surface area (Å²) in [5.74, 6) is 0. The summed E-state index contributed by atoms with van der Waals surface area (Å²) in [5, 5.41) is 4.72. The van der Waals surface area contributed by atoms with Gasteiger partial charge in [-0.1, -0.05) is 57.3 Å². The first-order valence-electron chi connectivity index (χ1n) is 6.38. The molecule has 0 radical (unpaired) electrons. The van der Waals surface area contributed by atoms with Crippen molar-refractivity contribution >= 4 is 39.1 Å². The lowest BCUT2D eigenvalue weighted by molar-refractivity contribution is 0.590. The van der Waals surface area contributed by atoms with Crippen molar-refractivity contribution in [2.45, 2.75) is 19.4 Å². The molecule has 4 heteroatoms. The van der Waals surface area contributed by atoms with Gasteiger partial charge in [-0.15, -0.1) is 0 Å². The Morgan fingerprint density at radius 2 is 1.90 bits per heavy atom. The van der Waals surface area contributed by atoms with E-state index in [0.717, 1.165) is 16.5 Å². The molecule has 0 saturated heterocycles. The van der Waals surface area contributed by atoms with Crippen LogP contribution in [-0.2, 0) is 6.42 Å². The van der Waals surface area contributed by atoms with Gasteiger partial charge in [0.1, 0.15) is 0 Å². The van der Waals surface area contributed by atoms with Gasteiger partial charge in [-0.05, 0) is 55.3 Å². The minimum atomic E-state index is 0.198. The lowest BCUT2D eigenvalue weighted by atomic mass is 9.98. The van der Waals surface area contributed by atoms with E-state index in [1.54, 1.807) is 6.07 Å². The lowest BCUT2D eigenvalue weighted by Crippen LogP contribution is -2.19. The van der Waals surface area contributed by atoms with Gasteiger partial charge in [0, 0.05) is 20.6 Å². The van der Waals surface area contributed by atoms with Crippen LogP contribution in [0.1, 0.15) is 22.7 Å². The second-order valence-corrected chi connectivity index (χ2v) is 6.50. The van der Waals surface area contributed by atoms with Crippen molar-refractivity contribution in [2.75, 3.05) is 7.05 Å². The monoisotopic (exact) mass is 371 g/mol. The molecular weight excluding hydrogens is 357 g/mol.